The van der Waals surface area contributed by atoms with Crippen molar-refractivity contribution < 1.29 is 14.6 Å². The van der Waals surface area contributed by atoms with Crippen molar-refractivity contribution >= 4 is 11.9 Å². The lowest BCUT2D eigenvalue weighted by molar-refractivity contribution is 0.0963. The number of ether oxygens (including phenoxy) is 1. The molecule has 150 valence electrons. The fourth-order valence-electron chi connectivity index (χ4n) is 2.76. The van der Waals surface area contributed by atoms with E-state index in [2.05, 4.69) is 20.9 Å². The number of hydrogen-bond donors (Lipinski definition) is 4. The number of benzene rings is 2. The average molecular weight is 384 g/mol. The van der Waals surface area contributed by atoms with Crippen LogP contribution in [-0.4, -0.2) is 51.3 Å². The van der Waals surface area contributed by atoms with Crippen LogP contribution in [-0.2, 0) is 12.8 Å². The minimum absolute atomic E-state index is 0.0888. The number of nitrogens with zero attached hydrogens (tertiary/aromatic N) is 1. The number of methoxy groups -OCH3 is 1. The van der Waals surface area contributed by atoms with E-state index in [0.29, 0.717) is 36.8 Å². The van der Waals surface area contributed by atoms with Crippen molar-refractivity contribution in [1.29, 1.82) is 0 Å². The standard InChI is InChI=1S/C21H28N4O3/c1-22-20(27)17-6-4-5-15(13-17)9-11-24-21(23-2)25-12-10-16-7-8-18(28-3)14-19(16)26/h4-8,13-14,26H,9-12H2,1-3H3,(H,22,27)(H2,23,24,25). The van der Waals surface area contributed by atoms with Crippen molar-refractivity contribution in [3.63, 3.8) is 0 Å². The van der Waals surface area contributed by atoms with Gasteiger partial charge in [0.15, 0.2) is 5.96 Å². The zero-order valence-electron chi connectivity index (χ0n) is 16.6. The van der Waals surface area contributed by atoms with Gasteiger partial charge in [-0.3, -0.25) is 9.79 Å². The number of amides is 1. The molecule has 0 atom stereocenters. The maximum absolute atomic E-state index is 11.7. The Morgan fingerprint density at radius 2 is 1.86 bits per heavy atom. The van der Waals surface area contributed by atoms with Crippen LogP contribution in [0.4, 0.5) is 0 Å². The van der Waals surface area contributed by atoms with E-state index >= 15 is 0 Å². The van der Waals surface area contributed by atoms with Crippen molar-refractivity contribution in [2.75, 3.05) is 34.3 Å². The quantitative estimate of drug-likeness (QED) is 0.411. The maximum Gasteiger partial charge on any atom is 0.251 e. The summed E-state index contributed by atoms with van der Waals surface area (Å²) in [5.74, 6) is 1.46. The minimum Gasteiger partial charge on any atom is -0.508 e. The Labute approximate surface area is 165 Å². The first-order valence-electron chi connectivity index (χ1n) is 9.18. The van der Waals surface area contributed by atoms with Gasteiger partial charge in [0.25, 0.3) is 5.91 Å². The number of rotatable bonds is 8. The highest BCUT2D eigenvalue weighted by Crippen LogP contribution is 2.23. The highest BCUT2D eigenvalue weighted by molar-refractivity contribution is 5.94. The minimum atomic E-state index is -0.0888. The molecular weight excluding hydrogens is 356 g/mol. The normalized spacial score (nSPS) is 11.0. The molecule has 0 saturated carbocycles. The third-order valence-corrected chi connectivity index (χ3v) is 4.33. The van der Waals surface area contributed by atoms with Crippen molar-refractivity contribution in [3.05, 3.63) is 59.2 Å². The second-order valence-corrected chi connectivity index (χ2v) is 6.20. The Morgan fingerprint density at radius 1 is 1.11 bits per heavy atom. The molecule has 0 spiro atoms. The molecule has 0 aliphatic rings. The van der Waals surface area contributed by atoms with E-state index in [1.807, 2.05) is 30.3 Å². The molecule has 7 nitrogen and oxygen atoms in total. The first-order valence-corrected chi connectivity index (χ1v) is 9.18. The van der Waals surface area contributed by atoms with Gasteiger partial charge in [0.05, 0.1) is 7.11 Å². The van der Waals surface area contributed by atoms with Gasteiger partial charge in [-0.05, 0) is 42.2 Å². The molecule has 0 aliphatic carbocycles. The van der Waals surface area contributed by atoms with E-state index in [1.165, 1.54) is 0 Å². The predicted molar refractivity (Wildman–Crippen MR) is 111 cm³/mol. The van der Waals surface area contributed by atoms with Crippen LogP contribution in [0.2, 0.25) is 0 Å². The van der Waals surface area contributed by atoms with Crippen LogP contribution in [0, 0.1) is 0 Å². The molecule has 7 heteroatoms. The van der Waals surface area contributed by atoms with Crippen LogP contribution in [0.15, 0.2) is 47.5 Å². The number of hydrogen-bond acceptors (Lipinski definition) is 4. The first-order chi connectivity index (χ1) is 13.6. The average Bonchev–Trinajstić information content (AvgIpc) is 2.73. The molecule has 2 aromatic rings. The lowest BCUT2D eigenvalue weighted by Gasteiger charge is -2.13. The molecule has 4 N–H and O–H groups in total. The number of nitrogens with one attached hydrogen (secondary N) is 3. The maximum atomic E-state index is 11.7. The Bertz CT molecular complexity index is 821. The van der Waals surface area contributed by atoms with E-state index in [1.54, 1.807) is 33.3 Å². The Balaban J connectivity index is 1.78. The molecule has 0 fully saturated rings. The fourth-order valence-corrected chi connectivity index (χ4v) is 2.76. The summed E-state index contributed by atoms with van der Waals surface area (Å²) in [5, 5.41) is 19.1. The first kappa shape index (κ1) is 21.1. The number of carbonyl (C=O) groups is 1. The zero-order valence-corrected chi connectivity index (χ0v) is 16.6. The number of aliphatic imine (C=N–C) groups is 1. The molecule has 0 aliphatic heterocycles. The summed E-state index contributed by atoms with van der Waals surface area (Å²) in [7, 11) is 4.91. The predicted octanol–water partition coefficient (Wildman–Crippen LogP) is 1.71. The SMILES string of the molecule is CN=C(NCCc1cccc(C(=O)NC)c1)NCCc1ccc(OC)cc1O. The number of carbonyl (C=O) groups excluding carboxylic acids is 1. The Hall–Kier alpha value is -3.22. The van der Waals surface area contributed by atoms with Crippen molar-refractivity contribution in [1.82, 2.24) is 16.0 Å². The van der Waals surface area contributed by atoms with Gasteiger partial charge >= 0.3 is 0 Å². The topological polar surface area (TPSA) is 95.0 Å². The summed E-state index contributed by atoms with van der Waals surface area (Å²) in [6.07, 6.45) is 1.43. The summed E-state index contributed by atoms with van der Waals surface area (Å²) in [4.78, 5) is 15.9. The van der Waals surface area contributed by atoms with Gasteiger partial charge in [0.2, 0.25) is 0 Å². The molecule has 2 aromatic carbocycles. The van der Waals surface area contributed by atoms with E-state index in [4.69, 9.17) is 4.74 Å². The molecule has 28 heavy (non-hydrogen) atoms. The monoisotopic (exact) mass is 384 g/mol. The smallest absolute Gasteiger partial charge is 0.251 e. The van der Waals surface area contributed by atoms with Crippen LogP contribution < -0.4 is 20.7 Å². The fraction of sp³-hybridized carbons (Fsp3) is 0.333. The summed E-state index contributed by atoms with van der Waals surface area (Å²) >= 11 is 0. The van der Waals surface area contributed by atoms with Crippen LogP contribution in [0.25, 0.3) is 0 Å². The van der Waals surface area contributed by atoms with E-state index in [9.17, 15) is 9.90 Å². The van der Waals surface area contributed by atoms with Gasteiger partial charge in [-0.1, -0.05) is 18.2 Å². The van der Waals surface area contributed by atoms with E-state index < -0.39 is 0 Å². The molecule has 0 saturated heterocycles. The summed E-state index contributed by atoms with van der Waals surface area (Å²) in [6.45, 7) is 1.32. The van der Waals surface area contributed by atoms with Crippen LogP contribution >= 0.6 is 0 Å². The number of phenols is 1. The van der Waals surface area contributed by atoms with Crippen molar-refractivity contribution in [2.45, 2.75) is 12.8 Å². The van der Waals surface area contributed by atoms with Crippen LogP contribution in [0.3, 0.4) is 0 Å². The lowest BCUT2D eigenvalue weighted by Crippen LogP contribution is -2.39. The van der Waals surface area contributed by atoms with Crippen molar-refractivity contribution in [2.24, 2.45) is 4.99 Å². The third kappa shape index (κ3) is 6.19. The molecule has 2 rings (SSSR count). The van der Waals surface area contributed by atoms with Gasteiger partial charge in [0.1, 0.15) is 11.5 Å². The Kier molecular flexibility index (Phi) is 8.14. The van der Waals surface area contributed by atoms with Gasteiger partial charge in [0, 0.05) is 38.8 Å². The molecule has 0 unspecified atom stereocenters. The summed E-state index contributed by atoms with van der Waals surface area (Å²) in [5.41, 5.74) is 2.57. The second-order valence-electron chi connectivity index (χ2n) is 6.20. The molecule has 0 bridgehead atoms. The molecule has 0 aromatic heterocycles. The van der Waals surface area contributed by atoms with Crippen molar-refractivity contribution in [3.8, 4) is 11.5 Å². The van der Waals surface area contributed by atoms with Gasteiger partial charge in [-0.2, -0.15) is 0 Å². The highest BCUT2D eigenvalue weighted by atomic mass is 16.5. The summed E-state index contributed by atoms with van der Waals surface area (Å²) in [6, 6.07) is 12.9. The number of aromatic hydroxyl groups is 1. The van der Waals surface area contributed by atoms with Crippen LogP contribution in [0.5, 0.6) is 11.5 Å². The second kappa shape index (κ2) is 10.8. The van der Waals surface area contributed by atoms with Gasteiger partial charge < -0.3 is 25.8 Å². The largest absolute Gasteiger partial charge is 0.508 e. The zero-order chi connectivity index (χ0) is 20.4. The number of phenolic OH excluding ortho intramolecular Hbond substituents is 1. The molecule has 1 amide bonds. The molecule has 0 radical (unpaired) electrons. The Morgan fingerprint density at radius 3 is 2.50 bits per heavy atom. The third-order valence-electron chi connectivity index (χ3n) is 4.33. The van der Waals surface area contributed by atoms with E-state index in [-0.39, 0.29) is 11.7 Å². The van der Waals surface area contributed by atoms with Crippen LogP contribution in [0.1, 0.15) is 21.5 Å². The molecule has 0 heterocycles. The van der Waals surface area contributed by atoms with Gasteiger partial charge in [-0.15, -0.1) is 0 Å². The molecular formula is C21H28N4O3. The van der Waals surface area contributed by atoms with Gasteiger partial charge in [-0.25, -0.2) is 0 Å². The highest BCUT2D eigenvalue weighted by Gasteiger charge is 2.05. The number of guanidine groups is 1. The van der Waals surface area contributed by atoms with E-state index in [0.717, 1.165) is 17.5 Å². The lowest BCUT2D eigenvalue weighted by atomic mass is 10.1. The summed E-state index contributed by atoms with van der Waals surface area (Å²) < 4.78 is 5.09.